The zero-order valence-corrected chi connectivity index (χ0v) is 18.6. The van der Waals surface area contributed by atoms with E-state index in [-0.39, 0.29) is 51.6 Å². The molecule has 2 heterocycles. The molecule has 0 bridgehead atoms. The molecule has 32 heavy (non-hydrogen) atoms. The summed E-state index contributed by atoms with van der Waals surface area (Å²) in [6, 6.07) is 2.46. The van der Waals surface area contributed by atoms with E-state index in [4.69, 9.17) is 48.7 Å². The standard InChI is InChI=1S/C18H18Cl3F3N4O4/c19-11-5-10(6-12(20)15(11)21)31-8-14(29)26-9-1-2-13(25-7-9)16-27-28-17(32-16)30-4-3-18(22,23)24/h5-6,9,13,25H,1-4,7-8H2,(H,26,29)/t9-,13+/m0/s1. The van der Waals surface area contributed by atoms with Crippen LogP contribution in [0.2, 0.25) is 15.1 Å². The Hall–Kier alpha value is -1.95. The molecule has 1 saturated heterocycles. The van der Waals surface area contributed by atoms with Gasteiger partial charge in [-0.25, -0.2) is 0 Å². The fraction of sp³-hybridized carbons (Fsp3) is 0.500. The molecule has 0 aliphatic carbocycles. The van der Waals surface area contributed by atoms with Crippen LogP contribution >= 0.6 is 34.8 Å². The molecule has 2 atom stereocenters. The Kier molecular flexibility index (Phi) is 8.32. The van der Waals surface area contributed by atoms with E-state index in [2.05, 4.69) is 20.8 Å². The van der Waals surface area contributed by atoms with Crippen molar-refractivity contribution in [1.82, 2.24) is 20.8 Å². The molecule has 1 aromatic heterocycles. The zero-order chi connectivity index (χ0) is 23.3. The maximum Gasteiger partial charge on any atom is 0.414 e. The van der Waals surface area contributed by atoms with Gasteiger partial charge in [0.05, 0.1) is 27.5 Å². The lowest BCUT2D eigenvalue weighted by molar-refractivity contribution is -0.140. The van der Waals surface area contributed by atoms with Gasteiger partial charge in [-0.1, -0.05) is 39.9 Å². The highest BCUT2D eigenvalue weighted by Crippen LogP contribution is 2.34. The van der Waals surface area contributed by atoms with Crippen molar-refractivity contribution in [1.29, 1.82) is 0 Å². The Morgan fingerprint density at radius 1 is 1.19 bits per heavy atom. The quantitative estimate of drug-likeness (QED) is 0.502. The lowest BCUT2D eigenvalue weighted by Gasteiger charge is -2.28. The highest BCUT2D eigenvalue weighted by Gasteiger charge is 2.29. The van der Waals surface area contributed by atoms with E-state index >= 15 is 0 Å². The molecule has 2 aromatic rings. The van der Waals surface area contributed by atoms with Crippen molar-refractivity contribution in [3.8, 4) is 11.8 Å². The van der Waals surface area contributed by atoms with E-state index in [9.17, 15) is 18.0 Å². The second-order valence-electron chi connectivity index (χ2n) is 6.91. The maximum absolute atomic E-state index is 12.2. The van der Waals surface area contributed by atoms with Gasteiger partial charge in [-0.15, -0.1) is 5.10 Å². The summed E-state index contributed by atoms with van der Waals surface area (Å²) in [5.41, 5.74) is 0. The van der Waals surface area contributed by atoms with Gasteiger partial charge < -0.3 is 24.5 Å². The fourth-order valence-corrected chi connectivity index (χ4v) is 3.47. The third kappa shape index (κ3) is 7.29. The van der Waals surface area contributed by atoms with Crippen molar-refractivity contribution >= 4 is 40.7 Å². The van der Waals surface area contributed by atoms with E-state index in [1.165, 1.54) is 12.1 Å². The van der Waals surface area contributed by atoms with Gasteiger partial charge in [-0.2, -0.15) is 13.2 Å². The van der Waals surface area contributed by atoms with Crippen LogP contribution in [0.3, 0.4) is 0 Å². The summed E-state index contributed by atoms with van der Waals surface area (Å²) in [4.78, 5) is 12.2. The Morgan fingerprint density at radius 3 is 2.53 bits per heavy atom. The van der Waals surface area contributed by atoms with Gasteiger partial charge in [0.25, 0.3) is 5.91 Å². The number of alkyl halides is 3. The van der Waals surface area contributed by atoms with Crippen LogP contribution in [0, 0.1) is 0 Å². The van der Waals surface area contributed by atoms with Crippen LogP contribution in [0.15, 0.2) is 16.5 Å². The number of nitrogens with one attached hydrogen (secondary N) is 2. The van der Waals surface area contributed by atoms with Crippen LogP contribution in [0.1, 0.15) is 31.2 Å². The minimum Gasteiger partial charge on any atom is -0.484 e. The molecule has 8 nitrogen and oxygen atoms in total. The molecular formula is C18H18Cl3F3N4O4. The van der Waals surface area contributed by atoms with Gasteiger partial charge in [-0.05, 0) is 12.8 Å². The normalized spacial score (nSPS) is 18.9. The maximum atomic E-state index is 12.2. The molecule has 0 unspecified atom stereocenters. The van der Waals surface area contributed by atoms with Crippen LogP contribution < -0.4 is 20.1 Å². The summed E-state index contributed by atoms with van der Waals surface area (Å²) < 4.78 is 51.9. The first-order valence-corrected chi connectivity index (χ1v) is 10.6. The van der Waals surface area contributed by atoms with Crippen molar-refractivity contribution in [2.75, 3.05) is 19.8 Å². The third-order valence-electron chi connectivity index (χ3n) is 4.44. The second-order valence-corrected chi connectivity index (χ2v) is 8.10. The van der Waals surface area contributed by atoms with E-state index in [0.29, 0.717) is 25.1 Å². The highest BCUT2D eigenvalue weighted by atomic mass is 35.5. The molecule has 1 aliphatic rings. The van der Waals surface area contributed by atoms with Gasteiger partial charge in [-0.3, -0.25) is 4.79 Å². The lowest BCUT2D eigenvalue weighted by Crippen LogP contribution is -2.48. The monoisotopic (exact) mass is 516 g/mol. The number of ether oxygens (including phenoxy) is 2. The lowest BCUT2D eigenvalue weighted by atomic mass is 10.0. The first-order chi connectivity index (χ1) is 15.1. The summed E-state index contributed by atoms with van der Waals surface area (Å²) in [7, 11) is 0. The minimum atomic E-state index is -4.33. The van der Waals surface area contributed by atoms with Crippen molar-refractivity contribution < 1.29 is 31.9 Å². The number of aromatic nitrogens is 2. The van der Waals surface area contributed by atoms with Crippen molar-refractivity contribution in [3.63, 3.8) is 0 Å². The smallest absolute Gasteiger partial charge is 0.414 e. The molecule has 3 rings (SSSR count). The first kappa shape index (κ1) is 24.7. The zero-order valence-electron chi connectivity index (χ0n) is 16.3. The summed E-state index contributed by atoms with van der Waals surface area (Å²) in [6.45, 7) is -0.425. The number of nitrogens with zero attached hydrogens (tertiary/aromatic N) is 2. The van der Waals surface area contributed by atoms with Gasteiger partial charge >= 0.3 is 12.3 Å². The molecule has 1 amide bonds. The number of hydrogen-bond acceptors (Lipinski definition) is 7. The van der Waals surface area contributed by atoms with Crippen LogP contribution in [-0.2, 0) is 4.79 Å². The predicted molar refractivity (Wildman–Crippen MR) is 109 cm³/mol. The summed E-state index contributed by atoms with van der Waals surface area (Å²) >= 11 is 17.7. The molecule has 176 valence electrons. The fourth-order valence-electron chi connectivity index (χ4n) is 2.90. The number of carbonyl (C=O) groups excluding carboxylic acids is 1. The van der Waals surface area contributed by atoms with Crippen molar-refractivity contribution in [3.05, 3.63) is 33.1 Å². The Balaban J connectivity index is 1.40. The van der Waals surface area contributed by atoms with Crippen molar-refractivity contribution in [2.24, 2.45) is 0 Å². The molecule has 0 saturated carbocycles. The second kappa shape index (κ2) is 10.8. The van der Waals surface area contributed by atoms with E-state index in [0.717, 1.165) is 0 Å². The number of piperidine rings is 1. The van der Waals surface area contributed by atoms with E-state index in [1.54, 1.807) is 0 Å². The number of rotatable bonds is 8. The van der Waals surface area contributed by atoms with Gasteiger partial charge in [0.15, 0.2) is 6.61 Å². The number of carbonyl (C=O) groups is 1. The van der Waals surface area contributed by atoms with Crippen LogP contribution in [-0.4, -0.2) is 48.1 Å². The topological polar surface area (TPSA) is 98.5 Å². The van der Waals surface area contributed by atoms with Gasteiger partial charge in [0.2, 0.25) is 5.89 Å². The number of hydrogen-bond donors (Lipinski definition) is 2. The third-order valence-corrected chi connectivity index (χ3v) is 5.63. The number of benzene rings is 1. The minimum absolute atomic E-state index is 0.162. The van der Waals surface area contributed by atoms with E-state index in [1.807, 2.05) is 0 Å². The Morgan fingerprint density at radius 2 is 1.91 bits per heavy atom. The largest absolute Gasteiger partial charge is 0.484 e. The Labute approximate surface area is 195 Å². The Bertz CT molecular complexity index is 913. The molecule has 2 N–H and O–H groups in total. The van der Waals surface area contributed by atoms with Crippen LogP contribution in [0.4, 0.5) is 13.2 Å². The summed E-state index contributed by atoms with van der Waals surface area (Å²) in [5, 5.41) is 14.0. The molecule has 0 spiro atoms. The molecule has 1 aromatic carbocycles. The number of halogens is 6. The van der Waals surface area contributed by atoms with Crippen molar-refractivity contribution in [2.45, 2.75) is 37.5 Å². The summed E-state index contributed by atoms with van der Waals surface area (Å²) in [6.07, 6.45) is -4.60. The molecule has 14 heteroatoms. The molecular weight excluding hydrogens is 500 g/mol. The molecule has 0 radical (unpaired) electrons. The van der Waals surface area contributed by atoms with E-state index < -0.39 is 19.2 Å². The molecule has 1 fully saturated rings. The SMILES string of the molecule is O=C(COc1cc(Cl)c(Cl)c(Cl)c1)N[C@H]1CC[C@H](c2nnc(OCCC(F)(F)F)o2)NC1. The average molecular weight is 518 g/mol. The van der Waals surface area contributed by atoms with Gasteiger partial charge in [0.1, 0.15) is 12.4 Å². The average Bonchev–Trinajstić information content (AvgIpc) is 3.19. The van der Waals surface area contributed by atoms with Gasteiger partial charge in [0, 0.05) is 24.7 Å². The predicted octanol–water partition coefficient (Wildman–Crippen LogP) is 4.35. The number of amides is 1. The van der Waals surface area contributed by atoms with Crippen LogP contribution in [0.5, 0.6) is 11.8 Å². The summed E-state index contributed by atoms with van der Waals surface area (Å²) in [5.74, 6) is 0.179. The first-order valence-electron chi connectivity index (χ1n) is 9.44. The van der Waals surface area contributed by atoms with Crippen LogP contribution in [0.25, 0.3) is 0 Å². The molecule has 1 aliphatic heterocycles. The highest BCUT2D eigenvalue weighted by molar-refractivity contribution is 6.48.